The second-order valence-electron chi connectivity index (χ2n) is 4.80. The lowest BCUT2D eigenvalue weighted by molar-refractivity contribution is -0.139. The molecule has 3 rings (SSSR count). The van der Waals surface area contributed by atoms with Crippen molar-refractivity contribution >= 4 is 0 Å². The molecule has 1 aliphatic rings. The summed E-state index contributed by atoms with van der Waals surface area (Å²) in [6.45, 7) is 0.837. The van der Waals surface area contributed by atoms with Crippen LogP contribution in [0.5, 0.6) is 0 Å². The summed E-state index contributed by atoms with van der Waals surface area (Å²) in [5, 5.41) is 6.92. The normalized spacial score (nSPS) is 19.1. The Morgan fingerprint density at radius 2 is 2.10 bits per heavy atom. The van der Waals surface area contributed by atoms with Gasteiger partial charge in [0.1, 0.15) is 5.82 Å². The summed E-state index contributed by atoms with van der Waals surface area (Å²) in [7, 11) is 0. The van der Waals surface area contributed by atoms with Crippen molar-refractivity contribution in [3.8, 4) is 11.5 Å². The molecule has 8 heteroatoms. The molecule has 2 heterocycles. The average Bonchev–Trinajstić information content (AvgIpc) is 3.09. The lowest BCUT2D eigenvalue weighted by Gasteiger charge is -2.08. The van der Waals surface area contributed by atoms with Gasteiger partial charge >= 0.3 is 6.18 Å². The minimum absolute atomic E-state index is 0.0421. The molecule has 1 atom stereocenters. The number of benzene rings is 1. The molecule has 1 saturated heterocycles. The molecular formula is C13H11F4N3O. The molecule has 1 aromatic carbocycles. The van der Waals surface area contributed by atoms with Gasteiger partial charge in [0.2, 0.25) is 0 Å². The van der Waals surface area contributed by atoms with Crippen molar-refractivity contribution in [2.24, 2.45) is 0 Å². The van der Waals surface area contributed by atoms with E-state index in [1.807, 2.05) is 0 Å². The molecule has 1 N–H and O–H groups in total. The van der Waals surface area contributed by atoms with E-state index in [0.717, 1.165) is 25.5 Å². The fourth-order valence-electron chi connectivity index (χ4n) is 2.27. The van der Waals surface area contributed by atoms with Gasteiger partial charge in [0.05, 0.1) is 11.6 Å². The predicted molar refractivity (Wildman–Crippen MR) is 64.7 cm³/mol. The number of nitrogens with zero attached hydrogens (tertiary/aromatic N) is 2. The Balaban J connectivity index is 1.93. The van der Waals surface area contributed by atoms with E-state index in [1.54, 1.807) is 0 Å². The third kappa shape index (κ3) is 2.76. The average molecular weight is 301 g/mol. The molecular weight excluding hydrogens is 290 g/mol. The van der Waals surface area contributed by atoms with E-state index in [1.165, 1.54) is 6.07 Å². The highest BCUT2D eigenvalue weighted by molar-refractivity contribution is 5.54. The van der Waals surface area contributed by atoms with Crippen LogP contribution in [-0.4, -0.2) is 16.7 Å². The first-order valence-corrected chi connectivity index (χ1v) is 6.39. The van der Waals surface area contributed by atoms with Crippen molar-refractivity contribution in [3.63, 3.8) is 0 Å². The summed E-state index contributed by atoms with van der Waals surface area (Å²) >= 11 is 0. The molecule has 0 aliphatic carbocycles. The molecule has 1 unspecified atom stereocenters. The summed E-state index contributed by atoms with van der Waals surface area (Å²) in [5.74, 6) is -0.979. The van der Waals surface area contributed by atoms with Crippen LogP contribution in [0.2, 0.25) is 0 Å². The monoisotopic (exact) mass is 301 g/mol. The van der Waals surface area contributed by atoms with Crippen molar-refractivity contribution in [3.05, 3.63) is 35.4 Å². The summed E-state index contributed by atoms with van der Waals surface area (Å²) in [6, 6.07) is 2.55. The second kappa shape index (κ2) is 5.10. The largest absolute Gasteiger partial charge is 0.419 e. The summed E-state index contributed by atoms with van der Waals surface area (Å²) in [5.41, 5.74) is -1.31. The van der Waals surface area contributed by atoms with Crippen LogP contribution in [0.15, 0.2) is 22.7 Å². The van der Waals surface area contributed by atoms with Gasteiger partial charge in [0.15, 0.2) is 5.82 Å². The molecule has 4 nitrogen and oxygen atoms in total. The van der Waals surface area contributed by atoms with Crippen LogP contribution in [0.25, 0.3) is 11.5 Å². The van der Waals surface area contributed by atoms with Gasteiger partial charge in [-0.25, -0.2) is 4.39 Å². The quantitative estimate of drug-likeness (QED) is 0.865. The third-order valence-electron chi connectivity index (χ3n) is 3.33. The number of hydrogen-bond acceptors (Lipinski definition) is 4. The highest BCUT2D eigenvalue weighted by Crippen LogP contribution is 2.34. The Morgan fingerprint density at radius 1 is 1.29 bits per heavy atom. The van der Waals surface area contributed by atoms with Gasteiger partial charge in [0.25, 0.3) is 5.89 Å². The van der Waals surface area contributed by atoms with E-state index in [2.05, 4.69) is 15.5 Å². The first-order chi connectivity index (χ1) is 9.95. The molecule has 0 bridgehead atoms. The number of alkyl halides is 3. The SMILES string of the molecule is Fc1ccc(-c2nc(C3CCCN3)no2)cc1C(F)(F)F. The zero-order valence-electron chi connectivity index (χ0n) is 10.7. The van der Waals surface area contributed by atoms with Gasteiger partial charge in [-0.15, -0.1) is 0 Å². The summed E-state index contributed by atoms with van der Waals surface area (Å²) < 4.78 is 56.3. The molecule has 112 valence electrons. The van der Waals surface area contributed by atoms with Crippen molar-refractivity contribution in [1.82, 2.24) is 15.5 Å². The number of hydrogen-bond donors (Lipinski definition) is 1. The molecule has 1 fully saturated rings. The minimum Gasteiger partial charge on any atom is -0.334 e. The Kier molecular flexibility index (Phi) is 3.40. The Labute approximate surface area is 117 Å². The van der Waals surface area contributed by atoms with Crippen LogP contribution in [0.1, 0.15) is 30.3 Å². The fourth-order valence-corrected chi connectivity index (χ4v) is 2.27. The van der Waals surface area contributed by atoms with Crippen LogP contribution < -0.4 is 5.32 Å². The Morgan fingerprint density at radius 3 is 2.76 bits per heavy atom. The van der Waals surface area contributed by atoms with Gasteiger partial charge in [-0.1, -0.05) is 5.16 Å². The maximum absolute atomic E-state index is 13.2. The van der Waals surface area contributed by atoms with Gasteiger partial charge < -0.3 is 9.84 Å². The maximum atomic E-state index is 13.2. The van der Waals surface area contributed by atoms with Crippen LogP contribution in [0, 0.1) is 5.82 Å². The van der Waals surface area contributed by atoms with E-state index < -0.39 is 17.6 Å². The minimum atomic E-state index is -4.77. The maximum Gasteiger partial charge on any atom is 0.419 e. The molecule has 0 saturated carbocycles. The Bertz CT molecular complexity index is 647. The molecule has 2 aromatic rings. The lowest BCUT2D eigenvalue weighted by atomic mass is 10.1. The van der Waals surface area contributed by atoms with E-state index in [4.69, 9.17) is 4.52 Å². The van der Waals surface area contributed by atoms with E-state index in [0.29, 0.717) is 11.9 Å². The molecule has 0 amide bonds. The number of halogens is 4. The molecule has 21 heavy (non-hydrogen) atoms. The number of rotatable bonds is 2. The van der Waals surface area contributed by atoms with Gasteiger partial charge in [-0.2, -0.15) is 18.2 Å². The van der Waals surface area contributed by atoms with E-state index in [-0.39, 0.29) is 17.5 Å². The van der Waals surface area contributed by atoms with Crippen LogP contribution >= 0.6 is 0 Å². The van der Waals surface area contributed by atoms with Gasteiger partial charge in [-0.05, 0) is 37.6 Å². The van der Waals surface area contributed by atoms with Crippen LogP contribution in [0.3, 0.4) is 0 Å². The highest BCUT2D eigenvalue weighted by Gasteiger charge is 2.34. The zero-order valence-corrected chi connectivity index (χ0v) is 10.7. The highest BCUT2D eigenvalue weighted by atomic mass is 19.4. The molecule has 1 aliphatic heterocycles. The van der Waals surface area contributed by atoms with Crippen LogP contribution in [0.4, 0.5) is 17.6 Å². The van der Waals surface area contributed by atoms with Gasteiger partial charge in [0, 0.05) is 5.56 Å². The van der Waals surface area contributed by atoms with Crippen molar-refractivity contribution in [2.45, 2.75) is 25.1 Å². The van der Waals surface area contributed by atoms with Crippen molar-refractivity contribution < 1.29 is 22.1 Å². The van der Waals surface area contributed by atoms with E-state index >= 15 is 0 Å². The Hall–Kier alpha value is -1.96. The molecule has 0 spiro atoms. The number of nitrogens with one attached hydrogen (secondary N) is 1. The first kappa shape index (κ1) is 14.0. The third-order valence-corrected chi connectivity index (χ3v) is 3.33. The standard InChI is InChI=1S/C13H11F4N3O/c14-9-4-3-7(6-8(9)13(15,16)17)12-19-11(20-21-12)10-2-1-5-18-10/h3-4,6,10,18H,1-2,5H2. The summed E-state index contributed by atoms with van der Waals surface area (Å²) in [4.78, 5) is 4.09. The topological polar surface area (TPSA) is 51.0 Å². The second-order valence-corrected chi connectivity index (χ2v) is 4.80. The predicted octanol–water partition coefficient (Wildman–Crippen LogP) is 3.32. The molecule has 1 aromatic heterocycles. The fraction of sp³-hybridized carbons (Fsp3) is 0.385. The smallest absolute Gasteiger partial charge is 0.334 e. The molecule has 0 radical (unpaired) electrons. The number of aromatic nitrogens is 2. The zero-order chi connectivity index (χ0) is 15.0. The first-order valence-electron chi connectivity index (χ1n) is 6.39. The van der Waals surface area contributed by atoms with Crippen LogP contribution in [-0.2, 0) is 6.18 Å². The summed E-state index contributed by atoms with van der Waals surface area (Å²) in [6.07, 6.45) is -2.95. The lowest BCUT2D eigenvalue weighted by Crippen LogP contribution is -2.14. The van der Waals surface area contributed by atoms with Crippen molar-refractivity contribution in [1.29, 1.82) is 0 Å². The van der Waals surface area contributed by atoms with E-state index in [9.17, 15) is 17.6 Å². The van der Waals surface area contributed by atoms with Gasteiger partial charge in [-0.3, -0.25) is 0 Å². The van der Waals surface area contributed by atoms with Crippen molar-refractivity contribution in [2.75, 3.05) is 6.54 Å².